The number of hydrogen-bond donors (Lipinski definition) is 1. The molecular formula is C17H17ClF6N2S. The van der Waals surface area contributed by atoms with Crippen LogP contribution in [0.4, 0.5) is 26.3 Å². The molecule has 1 aliphatic rings. The molecular weight excluding hydrogens is 414 g/mol. The van der Waals surface area contributed by atoms with E-state index in [-0.39, 0.29) is 18.0 Å². The van der Waals surface area contributed by atoms with Gasteiger partial charge in [0, 0.05) is 31.1 Å². The van der Waals surface area contributed by atoms with Gasteiger partial charge in [0.1, 0.15) is 0 Å². The number of rotatable bonds is 3. The van der Waals surface area contributed by atoms with Crippen LogP contribution in [0.5, 0.6) is 0 Å². The number of benzene rings is 1. The third-order valence-electron chi connectivity index (χ3n) is 4.31. The predicted octanol–water partition coefficient (Wildman–Crippen LogP) is 5.20. The van der Waals surface area contributed by atoms with Gasteiger partial charge in [0.2, 0.25) is 0 Å². The second-order valence-electron chi connectivity index (χ2n) is 6.00. The van der Waals surface area contributed by atoms with E-state index in [2.05, 4.69) is 5.32 Å². The summed E-state index contributed by atoms with van der Waals surface area (Å²) in [5.74, 6) is 0. The molecule has 27 heavy (non-hydrogen) atoms. The molecule has 3 rings (SSSR count). The van der Waals surface area contributed by atoms with E-state index in [0.29, 0.717) is 49.3 Å². The molecule has 0 radical (unpaired) electrons. The summed E-state index contributed by atoms with van der Waals surface area (Å²) < 4.78 is 80.0. The topological polar surface area (TPSA) is 15.3 Å². The fraction of sp³-hybridized carbons (Fsp3) is 0.412. The highest BCUT2D eigenvalue weighted by Crippen LogP contribution is 2.42. The van der Waals surface area contributed by atoms with Crippen LogP contribution in [-0.4, -0.2) is 31.1 Å². The quantitative estimate of drug-likeness (QED) is 0.673. The lowest BCUT2D eigenvalue weighted by atomic mass is 9.94. The molecule has 1 fully saturated rings. The van der Waals surface area contributed by atoms with Crippen LogP contribution < -0.4 is 5.32 Å². The van der Waals surface area contributed by atoms with Gasteiger partial charge in [-0.25, -0.2) is 0 Å². The second kappa shape index (κ2) is 8.38. The van der Waals surface area contributed by atoms with Crippen LogP contribution in [0.1, 0.15) is 27.6 Å². The van der Waals surface area contributed by atoms with Crippen molar-refractivity contribution in [2.45, 2.75) is 18.4 Å². The van der Waals surface area contributed by atoms with Crippen molar-refractivity contribution in [1.82, 2.24) is 10.2 Å². The SMILES string of the molecule is Cl.FC(F)(F)c1ccc(C(F)(F)F)c([C@@H](c2cccs2)N2CCNCC2)c1. The molecule has 2 heterocycles. The molecule has 0 aliphatic carbocycles. The maximum Gasteiger partial charge on any atom is 0.416 e. The summed E-state index contributed by atoms with van der Waals surface area (Å²) in [6, 6.07) is 4.18. The summed E-state index contributed by atoms with van der Waals surface area (Å²) in [6.07, 6.45) is -9.44. The molecule has 150 valence electrons. The van der Waals surface area contributed by atoms with Gasteiger partial charge in [-0.2, -0.15) is 26.3 Å². The molecule has 1 saturated heterocycles. The Labute approximate surface area is 162 Å². The van der Waals surface area contributed by atoms with Crippen molar-refractivity contribution in [2.75, 3.05) is 26.2 Å². The highest BCUT2D eigenvalue weighted by molar-refractivity contribution is 7.10. The number of halogens is 7. The molecule has 1 N–H and O–H groups in total. The summed E-state index contributed by atoms with van der Waals surface area (Å²) in [4.78, 5) is 2.39. The van der Waals surface area contributed by atoms with E-state index in [1.807, 2.05) is 0 Å². The number of piperazine rings is 1. The van der Waals surface area contributed by atoms with Gasteiger partial charge < -0.3 is 5.32 Å². The predicted molar refractivity (Wildman–Crippen MR) is 94.3 cm³/mol. The van der Waals surface area contributed by atoms with Gasteiger partial charge in [0.15, 0.2) is 0 Å². The number of thiophene rings is 1. The first-order valence-electron chi connectivity index (χ1n) is 7.94. The molecule has 0 amide bonds. The van der Waals surface area contributed by atoms with E-state index in [1.165, 1.54) is 11.3 Å². The molecule has 10 heteroatoms. The second-order valence-corrected chi connectivity index (χ2v) is 6.98. The van der Waals surface area contributed by atoms with Gasteiger partial charge in [-0.3, -0.25) is 4.90 Å². The zero-order valence-electron chi connectivity index (χ0n) is 13.9. The first-order valence-corrected chi connectivity index (χ1v) is 8.82. The Bertz CT molecular complexity index is 739. The highest BCUT2D eigenvalue weighted by Gasteiger charge is 2.40. The van der Waals surface area contributed by atoms with E-state index in [4.69, 9.17) is 0 Å². The van der Waals surface area contributed by atoms with Crippen molar-refractivity contribution in [3.63, 3.8) is 0 Å². The van der Waals surface area contributed by atoms with Crippen molar-refractivity contribution in [1.29, 1.82) is 0 Å². The Morgan fingerprint density at radius 3 is 2.15 bits per heavy atom. The first-order chi connectivity index (χ1) is 12.2. The summed E-state index contributed by atoms with van der Waals surface area (Å²) in [5, 5.41) is 4.82. The van der Waals surface area contributed by atoms with Crippen LogP contribution in [0.25, 0.3) is 0 Å². The Kier molecular flexibility index (Phi) is 6.83. The number of alkyl halides is 6. The van der Waals surface area contributed by atoms with Gasteiger partial charge in [-0.15, -0.1) is 23.7 Å². The molecule has 1 atom stereocenters. The van der Waals surface area contributed by atoms with Crippen LogP contribution in [0.2, 0.25) is 0 Å². The fourth-order valence-corrected chi connectivity index (χ4v) is 4.02. The lowest BCUT2D eigenvalue weighted by molar-refractivity contribution is -0.142. The van der Waals surface area contributed by atoms with Gasteiger partial charge in [0.05, 0.1) is 17.2 Å². The minimum absolute atomic E-state index is 0. The molecule has 1 aliphatic heterocycles. The number of nitrogens with zero attached hydrogens (tertiary/aromatic N) is 1. The maximum atomic E-state index is 13.5. The van der Waals surface area contributed by atoms with Crippen LogP contribution in [0.3, 0.4) is 0 Å². The maximum absolute atomic E-state index is 13.5. The molecule has 2 nitrogen and oxygen atoms in total. The van der Waals surface area contributed by atoms with E-state index in [9.17, 15) is 26.3 Å². The Morgan fingerprint density at radius 1 is 0.963 bits per heavy atom. The van der Waals surface area contributed by atoms with Crippen molar-refractivity contribution in [3.05, 3.63) is 57.3 Å². The lowest BCUT2D eigenvalue weighted by Crippen LogP contribution is -2.45. The average Bonchev–Trinajstić information content (AvgIpc) is 3.08. The van der Waals surface area contributed by atoms with E-state index in [0.717, 1.165) is 0 Å². The van der Waals surface area contributed by atoms with Crippen LogP contribution in [0.15, 0.2) is 35.7 Å². The summed E-state index contributed by atoms with van der Waals surface area (Å²) in [5.41, 5.74) is -2.45. The molecule has 0 unspecified atom stereocenters. The fourth-order valence-electron chi connectivity index (χ4n) is 3.14. The largest absolute Gasteiger partial charge is 0.416 e. The molecule has 0 bridgehead atoms. The normalized spacial score (nSPS) is 17.4. The zero-order chi connectivity index (χ0) is 18.9. The Hall–Kier alpha value is -1.29. The van der Waals surface area contributed by atoms with E-state index >= 15 is 0 Å². The molecule has 1 aromatic carbocycles. The summed E-state index contributed by atoms with van der Waals surface area (Å²) in [6.45, 7) is 2.05. The lowest BCUT2D eigenvalue weighted by Gasteiger charge is -2.36. The van der Waals surface area contributed by atoms with Crippen molar-refractivity contribution in [2.24, 2.45) is 0 Å². The van der Waals surface area contributed by atoms with Gasteiger partial charge in [-0.1, -0.05) is 6.07 Å². The van der Waals surface area contributed by atoms with Crippen molar-refractivity contribution in [3.8, 4) is 0 Å². The van der Waals surface area contributed by atoms with Crippen molar-refractivity contribution >= 4 is 23.7 Å². The summed E-state index contributed by atoms with van der Waals surface area (Å²) in [7, 11) is 0. The molecule has 1 aromatic heterocycles. The monoisotopic (exact) mass is 430 g/mol. The standard InChI is InChI=1S/C17H16F6N2S.ClH/c18-16(19,20)11-3-4-13(17(21,22)23)12(10-11)15(14-2-1-9-26-14)25-7-5-24-6-8-25;/h1-4,9-10,15,24H,5-8H2;1H/t15-;/m0./s1. The number of hydrogen-bond acceptors (Lipinski definition) is 3. The van der Waals surface area contributed by atoms with Crippen molar-refractivity contribution < 1.29 is 26.3 Å². The van der Waals surface area contributed by atoms with E-state index < -0.39 is 29.5 Å². The van der Waals surface area contributed by atoms with Crippen LogP contribution in [0, 0.1) is 0 Å². The highest BCUT2D eigenvalue weighted by atomic mass is 35.5. The summed E-state index contributed by atoms with van der Waals surface area (Å²) >= 11 is 1.24. The van der Waals surface area contributed by atoms with E-state index in [1.54, 1.807) is 22.4 Å². The molecule has 0 spiro atoms. The third-order valence-corrected chi connectivity index (χ3v) is 5.23. The molecule has 2 aromatic rings. The molecule has 0 saturated carbocycles. The van der Waals surface area contributed by atoms with Gasteiger partial charge in [-0.05, 0) is 35.2 Å². The minimum atomic E-state index is -4.73. The Balaban J connectivity index is 0.00000261. The minimum Gasteiger partial charge on any atom is -0.314 e. The zero-order valence-corrected chi connectivity index (χ0v) is 15.5. The average molecular weight is 431 g/mol. The van der Waals surface area contributed by atoms with Crippen LogP contribution in [-0.2, 0) is 12.4 Å². The van der Waals surface area contributed by atoms with Gasteiger partial charge >= 0.3 is 12.4 Å². The first kappa shape index (κ1) is 22.0. The smallest absolute Gasteiger partial charge is 0.314 e. The Morgan fingerprint density at radius 2 is 1.63 bits per heavy atom. The van der Waals surface area contributed by atoms with Gasteiger partial charge in [0.25, 0.3) is 0 Å². The number of nitrogens with one attached hydrogen (secondary N) is 1. The third kappa shape index (κ3) is 4.96. The van der Waals surface area contributed by atoms with Crippen LogP contribution >= 0.6 is 23.7 Å².